The van der Waals surface area contributed by atoms with E-state index in [1.807, 2.05) is 0 Å². The molecule has 96 valence electrons. The van der Waals surface area contributed by atoms with E-state index in [2.05, 4.69) is 6.07 Å². The maximum Gasteiger partial charge on any atom is 0.391 e. The normalized spacial score (nSPS) is 37.0. The van der Waals surface area contributed by atoms with E-state index in [0.29, 0.717) is 25.7 Å². The summed E-state index contributed by atoms with van der Waals surface area (Å²) >= 11 is 0. The number of hydrogen-bond acceptors (Lipinski definition) is 2. The largest absolute Gasteiger partial charge is 0.391 e. The monoisotopic (exact) mass is 247 g/mol. The second-order valence-corrected chi connectivity index (χ2v) is 5.41. The first-order chi connectivity index (χ1) is 7.83. The van der Waals surface area contributed by atoms with E-state index in [-0.39, 0.29) is 12.8 Å². The van der Waals surface area contributed by atoms with E-state index in [4.69, 9.17) is 5.26 Å². The molecule has 0 bridgehead atoms. The van der Waals surface area contributed by atoms with Gasteiger partial charge in [-0.15, -0.1) is 0 Å². The predicted octanol–water partition coefficient (Wildman–Crippen LogP) is 3.16. The van der Waals surface area contributed by atoms with Crippen LogP contribution >= 0.6 is 0 Å². The van der Waals surface area contributed by atoms with Gasteiger partial charge in [0.2, 0.25) is 0 Å². The molecule has 5 heteroatoms. The van der Waals surface area contributed by atoms with Crippen molar-refractivity contribution in [3.8, 4) is 6.07 Å². The maximum absolute atomic E-state index is 12.7. The maximum atomic E-state index is 12.7. The Morgan fingerprint density at radius 2 is 1.82 bits per heavy atom. The highest BCUT2D eigenvalue weighted by Gasteiger charge is 2.59. The van der Waals surface area contributed by atoms with Crippen LogP contribution in [0.4, 0.5) is 13.2 Å². The first-order valence-corrected chi connectivity index (χ1v) is 6.03. The van der Waals surface area contributed by atoms with Crippen molar-refractivity contribution in [1.82, 2.24) is 0 Å². The Morgan fingerprint density at radius 1 is 1.18 bits per heavy atom. The highest BCUT2D eigenvalue weighted by Crippen LogP contribution is 2.56. The molecule has 0 spiro atoms. The van der Waals surface area contributed by atoms with Crippen molar-refractivity contribution in [2.45, 2.75) is 56.7 Å². The lowest BCUT2D eigenvalue weighted by Gasteiger charge is -2.52. The van der Waals surface area contributed by atoms with Crippen LogP contribution in [-0.2, 0) is 0 Å². The average molecular weight is 247 g/mol. The highest BCUT2D eigenvalue weighted by atomic mass is 19.4. The molecule has 2 atom stereocenters. The lowest BCUT2D eigenvalue weighted by Crippen LogP contribution is -2.55. The molecule has 2 rings (SSSR count). The van der Waals surface area contributed by atoms with Crippen molar-refractivity contribution < 1.29 is 18.3 Å². The summed E-state index contributed by atoms with van der Waals surface area (Å²) in [7, 11) is 0. The van der Waals surface area contributed by atoms with Gasteiger partial charge in [0, 0.05) is 0 Å². The number of rotatable bonds is 1. The molecule has 2 saturated carbocycles. The number of hydrogen-bond donors (Lipinski definition) is 1. The van der Waals surface area contributed by atoms with E-state index < -0.39 is 23.1 Å². The fourth-order valence-electron chi connectivity index (χ4n) is 3.18. The number of alkyl halides is 3. The lowest BCUT2D eigenvalue weighted by molar-refractivity contribution is -0.218. The zero-order chi connectivity index (χ0) is 12.7. The predicted molar refractivity (Wildman–Crippen MR) is 54.9 cm³/mol. The number of halogens is 3. The summed E-state index contributed by atoms with van der Waals surface area (Å²) in [6.07, 6.45) is -1.91. The molecule has 2 fully saturated rings. The summed E-state index contributed by atoms with van der Waals surface area (Å²) in [4.78, 5) is 0. The van der Waals surface area contributed by atoms with Crippen LogP contribution in [0, 0.1) is 22.7 Å². The molecule has 0 heterocycles. The zero-order valence-corrected chi connectivity index (χ0v) is 9.56. The quantitative estimate of drug-likeness (QED) is 0.773. The fraction of sp³-hybridized carbons (Fsp3) is 0.917. The highest BCUT2D eigenvalue weighted by molar-refractivity contribution is 5.17. The Morgan fingerprint density at radius 3 is 2.24 bits per heavy atom. The molecule has 0 aliphatic heterocycles. The molecule has 0 aromatic rings. The molecule has 0 amide bonds. The molecule has 1 N–H and O–H groups in total. The molecule has 0 aromatic carbocycles. The Labute approximate surface area is 98.4 Å². The van der Waals surface area contributed by atoms with Gasteiger partial charge in [0.25, 0.3) is 0 Å². The van der Waals surface area contributed by atoms with Gasteiger partial charge in [-0.05, 0) is 38.5 Å². The Hall–Kier alpha value is -0.760. The third-order valence-corrected chi connectivity index (χ3v) is 4.50. The van der Waals surface area contributed by atoms with E-state index in [1.54, 1.807) is 0 Å². The number of nitriles is 1. The van der Waals surface area contributed by atoms with Crippen LogP contribution in [0.1, 0.15) is 44.9 Å². The minimum atomic E-state index is -4.26. The van der Waals surface area contributed by atoms with Gasteiger partial charge in [0.05, 0.1) is 23.0 Å². The van der Waals surface area contributed by atoms with Crippen LogP contribution < -0.4 is 0 Å². The molecule has 0 unspecified atom stereocenters. The molecular weight excluding hydrogens is 231 g/mol. The first kappa shape index (κ1) is 12.7. The average Bonchev–Trinajstić information content (AvgIpc) is 2.15. The van der Waals surface area contributed by atoms with Gasteiger partial charge in [-0.3, -0.25) is 0 Å². The summed E-state index contributed by atoms with van der Waals surface area (Å²) in [6.45, 7) is 0. The fourth-order valence-corrected chi connectivity index (χ4v) is 3.18. The first-order valence-electron chi connectivity index (χ1n) is 6.03. The smallest absolute Gasteiger partial charge is 0.388 e. The lowest BCUT2D eigenvalue weighted by atomic mass is 9.54. The van der Waals surface area contributed by atoms with Crippen LogP contribution in [0.5, 0.6) is 0 Å². The summed E-state index contributed by atoms with van der Waals surface area (Å²) in [6, 6.07) is 2.08. The second kappa shape index (κ2) is 3.88. The molecule has 0 aromatic heterocycles. The van der Waals surface area contributed by atoms with Crippen LogP contribution in [0.25, 0.3) is 0 Å². The van der Waals surface area contributed by atoms with Gasteiger partial charge in [0.1, 0.15) is 0 Å². The van der Waals surface area contributed by atoms with Crippen molar-refractivity contribution in [3.05, 3.63) is 0 Å². The zero-order valence-electron chi connectivity index (χ0n) is 9.56. The summed E-state index contributed by atoms with van der Waals surface area (Å²) in [5.74, 6) is -1.45. The topological polar surface area (TPSA) is 44.0 Å². The van der Waals surface area contributed by atoms with Crippen LogP contribution in [-0.4, -0.2) is 16.9 Å². The number of aliphatic hydroxyl groups is 1. The van der Waals surface area contributed by atoms with Crippen molar-refractivity contribution in [1.29, 1.82) is 5.26 Å². The second-order valence-electron chi connectivity index (χ2n) is 5.41. The molecule has 17 heavy (non-hydrogen) atoms. The van der Waals surface area contributed by atoms with E-state index in [9.17, 15) is 18.3 Å². The van der Waals surface area contributed by atoms with Gasteiger partial charge in [-0.25, -0.2) is 0 Å². The van der Waals surface area contributed by atoms with Crippen LogP contribution in [0.3, 0.4) is 0 Å². The van der Waals surface area contributed by atoms with Gasteiger partial charge in [-0.2, -0.15) is 18.4 Å². The summed E-state index contributed by atoms with van der Waals surface area (Å²) < 4.78 is 38.1. The van der Waals surface area contributed by atoms with Gasteiger partial charge < -0.3 is 5.11 Å². The van der Waals surface area contributed by atoms with Crippen LogP contribution in [0.15, 0.2) is 0 Å². The molecule has 2 nitrogen and oxygen atoms in total. The van der Waals surface area contributed by atoms with Crippen molar-refractivity contribution in [2.75, 3.05) is 0 Å². The summed E-state index contributed by atoms with van der Waals surface area (Å²) in [5.41, 5.74) is -2.35. The SMILES string of the molecule is N#CC1([C@@]2(O)CCC[C@@H](C(F)(F)F)C2)CCC1. The molecule has 2 aliphatic rings. The van der Waals surface area contributed by atoms with E-state index in [0.717, 1.165) is 6.42 Å². The minimum absolute atomic E-state index is 0.0767. The van der Waals surface area contributed by atoms with E-state index >= 15 is 0 Å². The standard InChI is InChI=1S/C12H16F3NO/c13-12(14,15)9-3-1-6-11(17,7-9)10(8-16)4-2-5-10/h9,17H,1-7H2/t9-,11-/m1/s1. The van der Waals surface area contributed by atoms with Crippen molar-refractivity contribution in [2.24, 2.45) is 11.3 Å². The van der Waals surface area contributed by atoms with Gasteiger partial charge in [-0.1, -0.05) is 6.42 Å². The molecule has 2 aliphatic carbocycles. The van der Waals surface area contributed by atoms with Crippen molar-refractivity contribution in [3.63, 3.8) is 0 Å². The third kappa shape index (κ3) is 1.93. The molecule has 0 saturated heterocycles. The Balaban J connectivity index is 2.18. The van der Waals surface area contributed by atoms with Gasteiger partial charge in [0.15, 0.2) is 0 Å². The van der Waals surface area contributed by atoms with E-state index in [1.165, 1.54) is 0 Å². The Kier molecular flexibility index (Phi) is 2.89. The van der Waals surface area contributed by atoms with Crippen molar-refractivity contribution >= 4 is 0 Å². The van der Waals surface area contributed by atoms with Gasteiger partial charge >= 0.3 is 6.18 Å². The third-order valence-electron chi connectivity index (χ3n) is 4.50. The molecule has 0 radical (unpaired) electrons. The molecular formula is C12H16F3NO. The minimum Gasteiger partial charge on any atom is -0.388 e. The Bertz CT molecular complexity index is 343. The summed E-state index contributed by atoms with van der Waals surface area (Å²) in [5, 5.41) is 19.6. The number of nitrogens with zero attached hydrogens (tertiary/aromatic N) is 1. The van der Waals surface area contributed by atoms with Crippen LogP contribution in [0.2, 0.25) is 0 Å².